The summed E-state index contributed by atoms with van der Waals surface area (Å²) in [4.78, 5) is 26.3. The maximum absolute atomic E-state index is 13.5. The van der Waals surface area contributed by atoms with E-state index in [1.807, 2.05) is 26.8 Å². The lowest BCUT2D eigenvalue weighted by Crippen LogP contribution is -2.74. The predicted molar refractivity (Wildman–Crippen MR) is 188 cm³/mol. The number of hydrogen-bond donors (Lipinski definition) is 4. The summed E-state index contributed by atoms with van der Waals surface area (Å²) in [5.74, 6) is 2.35. The summed E-state index contributed by atoms with van der Waals surface area (Å²) in [6.07, 6.45) is 6.77. The van der Waals surface area contributed by atoms with Crippen molar-refractivity contribution in [1.82, 2.24) is 14.8 Å². The standard InChI is InChI=1S/C39H49N5O5/c1-5-15-40-35(44(21-23-8-9-23)36(46)49-37(2,3)4)41-25-11-12-28-26(18-25)27-19-39(47)30-17-24-10-13-29(45)33-31(24)38(39,34(48-33)32(27)42-28)14-16-43(30)20-22-6-7-22/h10-13,18,22-23,30,34,42,45,47H,5-9,14-17,19-21H2,1-4H3,(H,40,41)/t30-,34-,38-,39+/m0/s1. The van der Waals surface area contributed by atoms with Gasteiger partial charge in [-0.25, -0.2) is 9.69 Å². The number of ether oxygens (including phenoxy) is 2. The molecule has 10 nitrogen and oxygen atoms in total. The van der Waals surface area contributed by atoms with Crippen LogP contribution in [-0.2, 0) is 23.0 Å². The summed E-state index contributed by atoms with van der Waals surface area (Å²) in [5, 5.41) is 28.8. The second kappa shape index (κ2) is 10.9. The van der Waals surface area contributed by atoms with Gasteiger partial charge in [-0.2, -0.15) is 0 Å². The van der Waals surface area contributed by atoms with Gasteiger partial charge in [0.2, 0.25) is 5.96 Å². The van der Waals surface area contributed by atoms with Crippen molar-refractivity contribution in [3.8, 4) is 11.5 Å². The van der Waals surface area contributed by atoms with Crippen LogP contribution in [0.4, 0.5) is 10.5 Å². The number of carbonyl (C=O) groups excluding carboxylic acids is 1. The highest BCUT2D eigenvalue weighted by molar-refractivity contribution is 6.03. The van der Waals surface area contributed by atoms with Crippen LogP contribution in [0.2, 0.25) is 0 Å². The zero-order chi connectivity index (χ0) is 33.9. The lowest BCUT2D eigenvalue weighted by atomic mass is 9.49. The zero-order valence-corrected chi connectivity index (χ0v) is 29.1. The highest BCUT2D eigenvalue weighted by Crippen LogP contribution is 2.69. The number of nitrogens with zero attached hydrogens (tertiary/aromatic N) is 3. The molecule has 2 saturated carbocycles. The van der Waals surface area contributed by atoms with E-state index in [4.69, 9.17) is 14.5 Å². The number of phenols is 1. The molecule has 2 aromatic carbocycles. The van der Waals surface area contributed by atoms with Gasteiger partial charge >= 0.3 is 6.09 Å². The van der Waals surface area contributed by atoms with Gasteiger partial charge in [-0.15, -0.1) is 0 Å². The first-order valence-corrected chi connectivity index (χ1v) is 18.4. The molecule has 10 heteroatoms. The van der Waals surface area contributed by atoms with Crippen LogP contribution >= 0.6 is 0 Å². The van der Waals surface area contributed by atoms with Crippen LogP contribution in [-0.4, -0.2) is 80.5 Å². The van der Waals surface area contributed by atoms with Crippen molar-refractivity contribution in [2.45, 2.75) is 108 Å². The molecule has 1 amide bonds. The van der Waals surface area contributed by atoms with Crippen molar-refractivity contribution in [1.29, 1.82) is 0 Å². The molecular weight excluding hydrogens is 618 g/mol. The number of guanidine groups is 1. The smallest absolute Gasteiger partial charge is 0.417 e. The number of nitrogens with one attached hydrogen (secondary N) is 2. The number of hydrogen-bond acceptors (Lipinski definition) is 7. The van der Waals surface area contributed by atoms with Crippen molar-refractivity contribution < 1.29 is 24.5 Å². The van der Waals surface area contributed by atoms with Crippen molar-refractivity contribution in [3.63, 3.8) is 0 Å². The van der Waals surface area contributed by atoms with Crippen LogP contribution in [0.3, 0.4) is 0 Å². The number of carbonyl (C=O) groups is 1. The van der Waals surface area contributed by atoms with Crippen LogP contribution < -0.4 is 10.1 Å². The normalized spacial score (nSPS) is 28.6. The first-order valence-electron chi connectivity index (χ1n) is 18.4. The number of benzene rings is 2. The lowest BCUT2D eigenvalue weighted by Gasteiger charge is -2.62. The van der Waals surface area contributed by atoms with E-state index in [1.165, 1.54) is 18.4 Å². The number of fused-ring (bicyclic) bond motifs is 4. The fourth-order valence-electron chi connectivity index (χ4n) is 9.36. The predicted octanol–water partition coefficient (Wildman–Crippen LogP) is 6.40. The molecule has 49 heavy (non-hydrogen) atoms. The Morgan fingerprint density at radius 3 is 2.71 bits per heavy atom. The Labute approximate surface area is 287 Å². The molecule has 3 aromatic rings. The van der Waals surface area contributed by atoms with Gasteiger partial charge in [0.15, 0.2) is 17.6 Å². The van der Waals surface area contributed by atoms with Gasteiger partial charge in [0.25, 0.3) is 0 Å². The molecule has 4 atom stereocenters. The van der Waals surface area contributed by atoms with Gasteiger partial charge in [-0.3, -0.25) is 9.89 Å². The number of aliphatic imine (C=N–C) groups is 1. The molecule has 6 aliphatic rings. The minimum absolute atomic E-state index is 0.0343. The van der Waals surface area contributed by atoms with E-state index in [9.17, 15) is 15.0 Å². The number of likely N-dealkylation sites (tertiary alicyclic amines) is 1. The molecule has 260 valence electrons. The van der Waals surface area contributed by atoms with Gasteiger partial charge in [-0.1, -0.05) is 13.0 Å². The monoisotopic (exact) mass is 667 g/mol. The number of phenolic OH excluding ortho intramolecular Hbond substituents is 1. The molecule has 4 N–H and O–H groups in total. The first-order chi connectivity index (χ1) is 23.5. The number of aromatic nitrogens is 1. The molecule has 2 bridgehead atoms. The van der Waals surface area contributed by atoms with E-state index in [0.717, 1.165) is 84.5 Å². The zero-order valence-electron chi connectivity index (χ0n) is 29.1. The molecule has 2 aliphatic heterocycles. The molecule has 3 fully saturated rings. The quantitative estimate of drug-likeness (QED) is 0.170. The van der Waals surface area contributed by atoms with E-state index >= 15 is 0 Å². The number of H-pyrrole nitrogens is 1. The van der Waals surface area contributed by atoms with Crippen molar-refractivity contribution in [2.75, 3.05) is 31.5 Å². The average molecular weight is 668 g/mol. The Hall–Kier alpha value is -3.76. The van der Waals surface area contributed by atoms with Crippen LogP contribution in [0.5, 0.6) is 11.5 Å². The molecule has 4 aliphatic carbocycles. The molecule has 1 aromatic heterocycles. The number of aromatic amines is 1. The number of rotatable bonds is 7. The highest BCUT2D eigenvalue weighted by atomic mass is 16.6. The third-order valence-corrected chi connectivity index (χ3v) is 11.9. The summed E-state index contributed by atoms with van der Waals surface area (Å²) in [7, 11) is 0. The van der Waals surface area contributed by atoms with E-state index < -0.39 is 28.8 Å². The molecule has 9 rings (SSSR count). The molecule has 1 spiro atoms. The van der Waals surface area contributed by atoms with Crippen molar-refractivity contribution in [2.24, 2.45) is 16.8 Å². The van der Waals surface area contributed by atoms with E-state index in [2.05, 4.69) is 40.3 Å². The van der Waals surface area contributed by atoms with Crippen LogP contribution in [0.1, 0.15) is 94.7 Å². The average Bonchev–Trinajstić information content (AvgIpc) is 3.98. The van der Waals surface area contributed by atoms with Crippen molar-refractivity contribution >= 4 is 28.6 Å². The van der Waals surface area contributed by atoms with Crippen LogP contribution in [0, 0.1) is 11.8 Å². The minimum Gasteiger partial charge on any atom is -0.504 e. The second-order valence-corrected chi connectivity index (χ2v) is 16.6. The van der Waals surface area contributed by atoms with E-state index in [-0.39, 0.29) is 11.8 Å². The first kappa shape index (κ1) is 31.2. The Bertz CT molecular complexity index is 1870. The largest absolute Gasteiger partial charge is 0.504 e. The van der Waals surface area contributed by atoms with E-state index in [1.54, 1.807) is 11.0 Å². The van der Waals surface area contributed by atoms with Gasteiger partial charge in [0.1, 0.15) is 5.60 Å². The molecule has 0 radical (unpaired) electrons. The Balaban J connectivity index is 1.12. The minimum atomic E-state index is -1.06. The summed E-state index contributed by atoms with van der Waals surface area (Å²) >= 11 is 0. The van der Waals surface area contributed by atoms with Gasteiger partial charge < -0.3 is 30.0 Å². The molecule has 0 unspecified atom stereocenters. The Morgan fingerprint density at radius 2 is 1.98 bits per heavy atom. The molecular formula is C39H49N5O5. The number of anilines is 1. The SMILES string of the molecule is CCCN=C(Nc1ccc2[nH]c3c(c2c1)C[C@@]1(O)[C@@H]2Cc4ccc(O)c5c4[C@@]1(CCN2CC1CC1)[C@H]3O5)N(CC1CC1)C(=O)OC(C)(C)C. The number of aliphatic hydroxyl groups is 1. The highest BCUT2D eigenvalue weighted by Gasteiger charge is 2.72. The summed E-state index contributed by atoms with van der Waals surface area (Å²) < 4.78 is 12.6. The maximum Gasteiger partial charge on any atom is 0.417 e. The van der Waals surface area contributed by atoms with Gasteiger partial charge in [0, 0.05) is 54.3 Å². The third-order valence-electron chi connectivity index (χ3n) is 11.9. The van der Waals surface area contributed by atoms with Crippen LogP contribution in [0.25, 0.3) is 10.9 Å². The Kier molecular flexibility index (Phi) is 6.93. The molecule has 1 saturated heterocycles. The summed E-state index contributed by atoms with van der Waals surface area (Å²) in [6, 6.07) is 9.97. The number of piperidine rings is 1. The van der Waals surface area contributed by atoms with Crippen molar-refractivity contribution in [3.05, 3.63) is 52.7 Å². The van der Waals surface area contributed by atoms with Crippen LogP contribution in [0.15, 0.2) is 35.3 Å². The summed E-state index contributed by atoms with van der Waals surface area (Å²) in [6.45, 7) is 10.8. The van der Waals surface area contributed by atoms with Gasteiger partial charge in [0.05, 0.1) is 16.7 Å². The fraction of sp³-hybridized carbons (Fsp3) is 0.590. The second-order valence-electron chi connectivity index (χ2n) is 16.6. The number of amides is 1. The van der Waals surface area contributed by atoms with E-state index in [0.29, 0.717) is 37.1 Å². The maximum atomic E-state index is 13.5. The summed E-state index contributed by atoms with van der Waals surface area (Å²) in [5.41, 5.74) is 3.72. The lowest BCUT2D eigenvalue weighted by molar-refractivity contribution is -0.173. The fourth-order valence-corrected chi connectivity index (χ4v) is 9.36. The molecule has 3 heterocycles. The van der Waals surface area contributed by atoms with Gasteiger partial charge in [-0.05, 0) is 119 Å². The third kappa shape index (κ3) is 4.88. The Morgan fingerprint density at radius 1 is 1.18 bits per heavy atom. The number of aromatic hydroxyl groups is 1. The topological polar surface area (TPSA) is 123 Å².